The number of fused-ring (bicyclic) bond motifs is 3. The van der Waals surface area contributed by atoms with E-state index in [-0.39, 0.29) is 27.1 Å². The zero-order valence-corrected chi connectivity index (χ0v) is 43.2. The smallest absolute Gasteiger partial charge is 0.0467 e. The molecule has 0 unspecified atom stereocenters. The number of nitrogens with zero attached hydrogens (tertiary/aromatic N) is 1. The van der Waals surface area contributed by atoms with Crippen LogP contribution in [0.1, 0.15) is 130 Å². The van der Waals surface area contributed by atoms with Crippen molar-refractivity contribution in [2.24, 2.45) is 0 Å². The highest BCUT2D eigenvalue weighted by Crippen LogP contribution is 2.51. The maximum Gasteiger partial charge on any atom is 0.0467 e. The van der Waals surface area contributed by atoms with E-state index in [2.05, 4.69) is 278 Å². The van der Waals surface area contributed by atoms with Crippen LogP contribution in [0.3, 0.4) is 0 Å². The van der Waals surface area contributed by atoms with Gasteiger partial charge in [-0.3, -0.25) is 0 Å². The predicted molar refractivity (Wildman–Crippen MR) is 295 cm³/mol. The molecule has 0 atom stereocenters. The SMILES string of the molecule is CC(C)(C)c1cccc(-c2ccc(N(c3cccc(-c4ccc(-c5cc(-c6cc(C(C)(C)C)cc(C(C)(C)C)c6)cc(C(C)(C)C)c5)cc4)c3)c3ccc4c(c3)C(C)(C)c3ccccc3-4)cc2)c1. The minimum Gasteiger partial charge on any atom is -0.310 e. The Hall–Kier alpha value is -6.44. The van der Waals surface area contributed by atoms with Gasteiger partial charge in [-0.15, -0.1) is 0 Å². The lowest BCUT2D eigenvalue weighted by atomic mass is 9.78. The molecule has 0 radical (unpaired) electrons. The van der Waals surface area contributed by atoms with Crippen LogP contribution >= 0.6 is 0 Å². The molecule has 0 saturated carbocycles. The molecule has 0 saturated heterocycles. The summed E-state index contributed by atoms with van der Waals surface area (Å²) < 4.78 is 0. The summed E-state index contributed by atoms with van der Waals surface area (Å²) in [7, 11) is 0. The summed E-state index contributed by atoms with van der Waals surface area (Å²) in [5.41, 5.74) is 24.1. The second-order valence-corrected chi connectivity index (χ2v) is 24.1. The molecule has 0 spiro atoms. The van der Waals surface area contributed by atoms with Crippen LogP contribution in [0.4, 0.5) is 17.1 Å². The zero-order valence-electron chi connectivity index (χ0n) is 43.2. The predicted octanol–water partition coefficient (Wildman–Crippen LogP) is 19.3. The maximum absolute atomic E-state index is 2.44. The number of rotatable bonds is 7. The van der Waals surface area contributed by atoms with E-state index in [0.717, 1.165) is 17.1 Å². The Morgan fingerprint density at radius 2 is 0.691 bits per heavy atom. The molecule has 0 fully saturated rings. The van der Waals surface area contributed by atoms with Gasteiger partial charge < -0.3 is 4.90 Å². The van der Waals surface area contributed by atoms with E-state index in [4.69, 9.17) is 0 Å². The molecule has 8 aromatic rings. The van der Waals surface area contributed by atoms with Crippen molar-refractivity contribution in [1.29, 1.82) is 0 Å². The first-order valence-corrected chi connectivity index (χ1v) is 24.7. The third kappa shape index (κ3) is 9.13. The molecule has 1 nitrogen and oxygen atoms in total. The van der Waals surface area contributed by atoms with E-state index in [1.54, 1.807) is 0 Å². The molecule has 0 heterocycles. The first-order valence-electron chi connectivity index (χ1n) is 24.7. The van der Waals surface area contributed by atoms with Crippen molar-refractivity contribution >= 4 is 17.1 Å². The average molecular weight is 890 g/mol. The summed E-state index contributed by atoms with van der Waals surface area (Å²) in [5.74, 6) is 0. The highest BCUT2D eigenvalue weighted by molar-refractivity contribution is 5.87. The quantitative estimate of drug-likeness (QED) is 0.154. The molecular formula is C67H71N. The summed E-state index contributed by atoms with van der Waals surface area (Å²) in [6, 6.07) is 66.9. The molecule has 8 aromatic carbocycles. The van der Waals surface area contributed by atoms with Crippen LogP contribution < -0.4 is 4.90 Å². The van der Waals surface area contributed by atoms with Gasteiger partial charge in [-0.25, -0.2) is 0 Å². The fourth-order valence-corrected chi connectivity index (χ4v) is 9.98. The van der Waals surface area contributed by atoms with Crippen LogP contribution in [-0.4, -0.2) is 0 Å². The Morgan fingerprint density at radius 1 is 0.279 bits per heavy atom. The van der Waals surface area contributed by atoms with Gasteiger partial charge in [0.25, 0.3) is 0 Å². The Morgan fingerprint density at radius 3 is 1.26 bits per heavy atom. The van der Waals surface area contributed by atoms with Gasteiger partial charge in [0.15, 0.2) is 0 Å². The second kappa shape index (κ2) is 17.0. The summed E-state index contributed by atoms with van der Waals surface area (Å²) in [6.07, 6.45) is 0. The highest BCUT2D eigenvalue weighted by atomic mass is 15.1. The first kappa shape index (κ1) is 46.7. The van der Waals surface area contributed by atoms with E-state index in [0.29, 0.717) is 0 Å². The average Bonchev–Trinajstić information content (AvgIpc) is 3.53. The minimum absolute atomic E-state index is 0.0122. The van der Waals surface area contributed by atoms with E-state index in [1.165, 1.54) is 89.0 Å². The Kier molecular flexibility index (Phi) is 11.6. The molecular weight excluding hydrogens is 819 g/mol. The highest BCUT2D eigenvalue weighted by Gasteiger charge is 2.36. The minimum atomic E-state index is -0.113. The van der Waals surface area contributed by atoms with Gasteiger partial charge in [0.2, 0.25) is 0 Å². The van der Waals surface area contributed by atoms with E-state index in [1.807, 2.05) is 0 Å². The third-order valence-electron chi connectivity index (χ3n) is 14.5. The summed E-state index contributed by atoms with van der Waals surface area (Å²) in [5, 5.41) is 0. The first-order chi connectivity index (χ1) is 31.9. The van der Waals surface area contributed by atoms with Gasteiger partial charge in [-0.05, 0) is 153 Å². The summed E-state index contributed by atoms with van der Waals surface area (Å²) in [4.78, 5) is 2.44. The van der Waals surface area contributed by atoms with Crippen molar-refractivity contribution in [2.75, 3.05) is 4.90 Å². The molecule has 1 aliphatic carbocycles. The molecule has 68 heavy (non-hydrogen) atoms. The topological polar surface area (TPSA) is 3.24 Å². The Balaban J connectivity index is 1.11. The second-order valence-electron chi connectivity index (χ2n) is 24.1. The fourth-order valence-electron chi connectivity index (χ4n) is 9.98. The monoisotopic (exact) mass is 890 g/mol. The van der Waals surface area contributed by atoms with E-state index >= 15 is 0 Å². The molecule has 1 aliphatic rings. The van der Waals surface area contributed by atoms with Gasteiger partial charge in [0.1, 0.15) is 0 Å². The standard InChI is InChI=1S/C67H71N/c1-63(2,3)52-21-17-19-47(36-52)45-29-31-56(32-30-45)68(58-33-34-60-59-23-15-16-24-61(59)67(13,14)62(60)43-58)57-22-18-20-48(41-57)44-25-27-46(28-26-44)49-35-50(38-53(37-49)64(4,5)6)51-39-54(65(7,8)9)42-55(40-51)66(10,11)12/h15-43H,1-14H3. The lowest BCUT2D eigenvalue weighted by Crippen LogP contribution is -2.16. The number of anilines is 3. The van der Waals surface area contributed by atoms with Crippen molar-refractivity contribution in [3.63, 3.8) is 0 Å². The van der Waals surface area contributed by atoms with Gasteiger partial charge >= 0.3 is 0 Å². The van der Waals surface area contributed by atoms with Gasteiger partial charge in [0.05, 0.1) is 0 Å². The molecule has 0 aromatic heterocycles. The maximum atomic E-state index is 2.44. The van der Waals surface area contributed by atoms with Crippen LogP contribution in [0, 0.1) is 0 Å². The van der Waals surface area contributed by atoms with Crippen LogP contribution in [-0.2, 0) is 27.1 Å². The number of hydrogen-bond acceptors (Lipinski definition) is 1. The van der Waals surface area contributed by atoms with Crippen molar-refractivity contribution in [1.82, 2.24) is 0 Å². The largest absolute Gasteiger partial charge is 0.310 e. The number of hydrogen-bond donors (Lipinski definition) is 0. The lowest BCUT2D eigenvalue weighted by Gasteiger charge is -2.28. The van der Waals surface area contributed by atoms with Crippen LogP contribution in [0.25, 0.3) is 55.6 Å². The lowest BCUT2D eigenvalue weighted by molar-refractivity contribution is 0.569. The molecule has 344 valence electrons. The van der Waals surface area contributed by atoms with Crippen LogP contribution in [0.5, 0.6) is 0 Å². The van der Waals surface area contributed by atoms with Crippen LogP contribution in [0.2, 0.25) is 0 Å². The zero-order chi connectivity index (χ0) is 48.6. The van der Waals surface area contributed by atoms with Gasteiger partial charge in [-0.1, -0.05) is 230 Å². The molecule has 0 amide bonds. The molecule has 1 heteroatoms. The van der Waals surface area contributed by atoms with Crippen molar-refractivity contribution < 1.29 is 0 Å². The fraction of sp³-hybridized carbons (Fsp3) is 0.284. The molecule has 0 bridgehead atoms. The Bertz CT molecular complexity index is 3110. The Labute approximate surface area is 409 Å². The van der Waals surface area contributed by atoms with Crippen LogP contribution in [0.15, 0.2) is 176 Å². The van der Waals surface area contributed by atoms with Gasteiger partial charge in [0, 0.05) is 22.5 Å². The van der Waals surface area contributed by atoms with Crippen molar-refractivity contribution in [2.45, 2.75) is 124 Å². The molecule has 0 N–H and O–H groups in total. The van der Waals surface area contributed by atoms with Crippen molar-refractivity contribution in [3.05, 3.63) is 209 Å². The van der Waals surface area contributed by atoms with E-state index < -0.39 is 0 Å². The normalized spacial score (nSPS) is 13.6. The van der Waals surface area contributed by atoms with Gasteiger partial charge in [-0.2, -0.15) is 0 Å². The number of benzene rings is 8. The summed E-state index contributed by atoms with van der Waals surface area (Å²) >= 11 is 0. The molecule has 0 aliphatic heterocycles. The van der Waals surface area contributed by atoms with Crippen molar-refractivity contribution in [3.8, 4) is 55.6 Å². The van der Waals surface area contributed by atoms with E-state index in [9.17, 15) is 0 Å². The molecule has 9 rings (SSSR count). The third-order valence-corrected chi connectivity index (χ3v) is 14.5. The summed E-state index contributed by atoms with van der Waals surface area (Å²) in [6.45, 7) is 32.5.